The van der Waals surface area contributed by atoms with Crippen LogP contribution in [0.25, 0.3) is 0 Å². The van der Waals surface area contributed by atoms with Crippen LogP contribution in [-0.4, -0.2) is 40.2 Å². The van der Waals surface area contributed by atoms with Crippen molar-refractivity contribution in [1.82, 2.24) is 15.5 Å². The van der Waals surface area contributed by atoms with Gasteiger partial charge in [0.2, 0.25) is 17.7 Å². The first-order valence-corrected chi connectivity index (χ1v) is 10.4. The van der Waals surface area contributed by atoms with Crippen LogP contribution >= 0.6 is 0 Å². The predicted molar refractivity (Wildman–Crippen MR) is 104 cm³/mol. The van der Waals surface area contributed by atoms with Crippen molar-refractivity contribution < 1.29 is 18.8 Å². The van der Waals surface area contributed by atoms with Crippen molar-refractivity contribution in [3.63, 3.8) is 0 Å². The maximum Gasteiger partial charge on any atom is 0.246 e. The highest BCUT2D eigenvalue weighted by Gasteiger charge is 2.44. The van der Waals surface area contributed by atoms with Gasteiger partial charge in [0.25, 0.3) is 0 Å². The number of hydrogen-bond donors (Lipinski definition) is 2. The Morgan fingerprint density at radius 3 is 2.61 bits per heavy atom. The molecule has 3 amide bonds. The number of amides is 3. The zero-order valence-corrected chi connectivity index (χ0v) is 16.8. The van der Waals surface area contributed by atoms with E-state index >= 15 is 0 Å². The van der Waals surface area contributed by atoms with Crippen LogP contribution in [0.3, 0.4) is 0 Å². The summed E-state index contributed by atoms with van der Waals surface area (Å²) in [6.07, 6.45) is 8.24. The van der Waals surface area contributed by atoms with E-state index in [0.717, 1.165) is 25.7 Å². The van der Waals surface area contributed by atoms with E-state index in [-0.39, 0.29) is 30.3 Å². The molecule has 0 bridgehead atoms. The Morgan fingerprint density at radius 2 is 2.04 bits per heavy atom. The molecule has 28 heavy (non-hydrogen) atoms. The molecular weight excluding hydrogens is 358 g/mol. The van der Waals surface area contributed by atoms with Crippen LogP contribution in [0.1, 0.15) is 71.0 Å². The highest BCUT2D eigenvalue weighted by Crippen LogP contribution is 2.27. The maximum atomic E-state index is 13.3. The lowest BCUT2D eigenvalue weighted by Crippen LogP contribution is -2.62. The zero-order valence-electron chi connectivity index (χ0n) is 16.8. The minimum atomic E-state index is -1.02. The van der Waals surface area contributed by atoms with Gasteiger partial charge in [0.1, 0.15) is 17.3 Å². The number of nitrogens with one attached hydrogen (secondary N) is 2. The lowest BCUT2D eigenvalue weighted by molar-refractivity contribution is -0.150. The largest absolute Gasteiger partial charge is 0.467 e. The minimum Gasteiger partial charge on any atom is -0.467 e. The molecule has 7 heteroatoms. The third-order valence-corrected chi connectivity index (χ3v) is 6.17. The Labute approximate surface area is 166 Å². The first-order valence-electron chi connectivity index (χ1n) is 10.4. The molecule has 154 valence electrons. The molecule has 1 aromatic heterocycles. The molecule has 0 aromatic carbocycles. The van der Waals surface area contributed by atoms with Crippen LogP contribution in [0.15, 0.2) is 22.8 Å². The molecule has 1 aliphatic carbocycles. The van der Waals surface area contributed by atoms with E-state index in [4.69, 9.17) is 4.42 Å². The third-order valence-electron chi connectivity index (χ3n) is 6.17. The van der Waals surface area contributed by atoms with Crippen LogP contribution in [0.2, 0.25) is 0 Å². The van der Waals surface area contributed by atoms with E-state index < -0.39 is 11.6 Å². The van der Waals surface area contributed by atoms with Gasteiger partial charge >= 0.3 is 0 Å². The molecule has 1 saturated carbocycles. The average molecular weight is 389 g/mol. The van der Waals surface area contributed by atoms with E-state index in [1.54, 1.807) is 23.3 Å². The maximum absolute atomic E-state index is 13.3. The summed E-state index contributed by atoms with van der Waals surface area (Å²) in [6, 6.07) is 3.14. The Balaban J connectivity index is 1.82. The molecule has 0 radical (unpaired) electrons. The fourth-order valence-corrected chi connectivity index (χ4v) is 4.10. The van der Waals surface area contributed by atoms with Gasteiger partial charge in [0.15, 0.2) is 0 Å². The summed E-state index contributed by atoms with van der Waals surface area (Å²) in [7, 11) is 0. The van der Waals surface area contributed by atoms with Crippen LogP contribution in [0.4, 0.5) is 0 Å². The number of carbonyl (C=O) groups is 3. The van der Waals surface area contributed by atoms with E-state index in [0.29, 0.717) is 25.0 Å². The first-order chi connectivity index (χ1) is 13.4. The summed E-state index contributed by atoms with van der Waals surface area (Å²) < 4.78 is 5.45. The second-order valence-corrected chi connectivity index (χ2v) is 8.10. The highest BCUT2D eigenvalue weighted by atomic mass is 16.3. The fourth-order valence-electron chi connectivity index (χ4n) is 4.10. The SMILES string of the molecule is CC[C@@](C)(C(=O)NC1CCCCC1)N(Cc1ccco1)C(=O)[C@@H]1CCC(=O)N1. The summed E-state index contributed by atoms with van der Waals surface area (Å²) in [4.78, 5) is 39.8. The molecule has 1 aromatic rings. The zero-order chi connectivity index (χ0) is 20.1. The van der Waals surface area contributed by atoms with Crippen LogP contribution in [0, 0.1) is 0 Å². The normalized spacial score (nSPS) is 22.4. The van der Waals surface area contributed by atoms with E-state index in [9.17, 15) is 14.4 Å². The molecule has 1 saturated heterocycles. The summed E-state index contributed by atoms with van der Waals surface area (Å²) in [6.45, 7) is 3.92. The molecule has 7 nitrogen and oxygen atoms in total. The van der Waals surface area contributed by atoms with Gasteiger partial charge in [-0.05, 0) is 44.7 Å². The van der Waals surface area contributed by atoms with Crippen molar-refractivity contribution in [2.45, 2.75) is 89.4 Å². The number of carbonyl (C=O) groups excluding carboxylic acids is 3. The number of nitrogens with zero attached hydrogens (tertiary/aromatic N) is 1. The van der Waals surface area contributed by atoms with Crippen molar-refractivity contribution in [2.24, 2.45) is 0 Å². The average Bonchev–Trinajstić information content (AvgIpc) is 3.37. The number of rotatable bonds is 7. The molecule has 2 atom stereocenters. The molecule has 2 aliphatic rings. The monoisotopic (exact) mass is 389 g/mol. The Morgan fingerprint density at radius 1 is 1.29 bits per heavy atom. The van der Waals surface area contributed by atoms with Gasteiger partial charge in [-0.15, -0.1) is 0 Å². The van der Waals surface area contributed by atoms with Gasteiger partial charge in [-0.3, -0.25) is 14.4 Å². The smallest absolute Gasteiger partial charge is 0.246 e. The van der Waals surface area contributed by atoms with Gasteiger partial charge in [0, 0.05) is 12.5 Å². The molecule has 1 aliphatic heterocycles. The molecule has 2 N–H and O–H groups in total. The second kappa shape index (κ2) is 8.80. The third kappa shape index (κ3) is 4.39. The molecular formula is C21H31N3O4. The van der Waals surface area contributed by atoms with Gasteiger partial charge in [-0.25, -0.2) is 0 Å². The summed E-state index contributed by atoms with van der Waals surface area (Å²) in [5.41, 5.74) is -1.02. The number of furan rings is 1. The minimum absolute atomic E-state index is 0.124. The molecule has 0 spiro atoms. The van der Waals surface area contributed by atoms with Gasteiger partial charge in [-0.1, -0.05) is 26.2 Å². The van der Waals surface area contributed by atoms with E-state index in [1.807, 2.05) is 13.8 Å². The van der Waals surface area contributed by atoms with Gasteiger partial charge < -0.3 is 20.0 Å². The first kappa shape index (κ1) is 20.4. The lowest BCUT2D eigenvalue weighted by atomic mass is 9.90. The van der Waals surface area contributed by atoms with Crippen LogP contribution in [-0.2, 0) is 20.9 Å². The van der Waals surface area contributed by atoms with E-state index in [1.165, 1.54) is 6.42 Å². The van der Waals surface area contributed by atoms with Crippen molar-refractivity contribution >= 4 is 17.7 Å². The van der Waals surface area contributed by atoms with Crippen LogP contribution in [0.5, 0.6) is 0 Å². The molecule has 2 heterocycles. The topological polar surface area (TPSA) is 91.7 Å². The van der Waals surface area contributed by atoms with Crippen molar-refractivity contribution in [3.05, 3.63) is 24.2 Å². The Kier molecular flexibility index (Phi) is 6.42. The van der Waals surface area contributed by atoms with Crippen molar-refractivity contribution in [1.29, 1.82) is 0 Å². The predicted octanol–water partition coefficient (Wildman–Crippen LogP) is 2.50. The second-order valence-electron chi connectivity index (χ2n) is 8.10. The van der Waals surface area contributed by atoms with Gasteiger partial charge in [0.05, 0.1) is 12.8 Å². The van der Waals surface area contributed by atoms with E-state index in [2.05, 4.69) is 10.6 Å². The number of hydrogen-bond acceptors (Lipinski definition) is 4. The molecule has 0 unspecified atom stereocenters. The summed E-state index contributed by atoms with van der Waals surface area (Å²) in [5, 5.41) is 5.91. The quantitative estimate of drug-likeness (QED) is 0.749. The van der Waals surface area contributed by atoms with Crippen molar-refractivity contribution in [3.8, 4) is 0 Å². The Bertz CT molecular complexity index is 697. The molecule has 3 rings (SSSR count). The van der Waals surface area contributed by atoms with Gasteiger partial charge in [-0.2, -0.15) is 0 Å². The summed E-state index contributed by atoms with van der Waals surface area (Å²) >= 11 is 0. The lowest BCUT2D eigenvalue weighted by Gasteiger charge is -2.41. The van der Waals surface area contributed by atoms with Crippen molar-refractivity contribution in [2.75, 3.05) is 0 Å². The van der Waals surface area contributed by atoms with Crippen LogP contribution < -0.4 is 10.6 Å². The fraction of sp³-hybridized carbons (Fsp3) is 0.667. The molecule has 2 fully saturated rings. The highest BCUT2D eigenvalue weighted by molar-refractivity contribution is 5.95. The summed E-state index contributed by atoms with van der Waals surface area (Å²) in [5.74, 6) is 0.125. The Hall–Kier alpha value is -2.31. The standard InChI is InChI=1S/C21H31N3O4/c1-3-21(2,20(27)22-15-8-5-4-6-9-15)24(14-16-10-7-13-28-16)19(26)17-11-12-18(25)23-17/h7,10,13,15,17H,3-6,8-9,11-12,14H2,1-2H3,(H,22,27)(H,23,25)/t17-,21-/m0/s1.